The van der Waals surface area contributed by atoms with Gasteiger partial charge >= 0.3 is 0 Å². The van der Waals surface area contributed by atoms with Gasteiger partial charge in [0.15, 0.2) is 5.78 Å². The van der Waals surface area contributed by atoms with Gasteiger partial charge in [-0.1, -0.05) is 56.9 Å². The summed E-state index contributed by atoms with van der Waals surface area (Å²) in [6.45, 7) is 2.25. The van der Waals surface area contributed by atoms with Crippen molar-refractivity contribution in [3.63, 3.8) is 0 Å². The van der Waals surface area contributed by atoms with Crippen LogP contribution in [0.25, 0.3) is 0 Å². The first-order chi connectivity index (χ1) is 8.81. The molecule has 1 aromatic rings. The summed E-state index contributed by atoms with van der Waals surface area (Å²) in [4.78, 5) is 11.9. The Kier molecular flexibility index (Phi) is 4.98. The van der Waals surface area contributed by atoms with E-state index in [1.165, 1.54) is 37.7 Å². The number of carbonyl (C=O) groups is 1. The predicted octanol–water partition coefficient (Wildman–Crippen LogP) is 4.79. The average Bonchev–Trinajstić information content (AvgIpc) is 3.23. The molecule has 1 saturated carbocycles. The van der Waals surface area contributed by atoms with Crippen LogP contribution in [-0.4, -0.2) is 5.78 Å². The summed E-state index contributed by atoms with van der Waals surface area (Å²) in [5.74, 6) is 0.689. The molecule has 0 unspecified atom stereocenters. The molecule has 0 heterocycles. The number of benzene rings is 1. The molecule has 0 radical (unpaired) electrons. The van der Waals surface area contributed by atoms with E-state index in [9.17, 15) is 4.79 Å². The lowest BCUT2D eigenvalue weighted by atomic mass is 10.0. The van der Waals surface area contributed by atoms with E-state index in [0.717, 1.165) is 24.8 Å². The van der Waals surface area contributed by atoms with Crippen LogP contribution in [0.3, 0.4) is 0 Å². The molecular weight excluding hydrogens is 220 g/mol. The molecule has 1 aliphatic rings. The summed E-state index contributed by atoms with van der Waals surface area (Å²) in [6, 6.07) is 8.30. The first-order valence-electron chi connectivity index (χ1n) is 7.44. The van der Waals surface area contributed by atoms with Crippen LogP contribution in [0.4, 0.5) is 0 Å². The molecule has 1 aromatic carbocycles. The Labute approximate surface area is 111 Å². The molecule has 0 N–H and O–H groups in total. The van der Waals surface area contributed by atoms with Crippen LogP contribution in [-0.2, 0) is 6.42 Å². The predicted molar refractivity (Wildman–Crippen MR) is 76.0 cm³/mol. The molecule has 0 aromatic heterocycles. The van der Waals surface area contributed by atoms with Gasteiger partial charge in [-0.3, -0.25) is 4.79 Å². The number of Topliss-reactive ketones (excluding diaryl/α,β-unsaturated/α-hetero) is 1. The third kappa shape index (κ3) is 3.97. The molecule has 1 aliphatic carbocycles. The van der Waals surface area contributed by atoms with E-state index in [1.807, 2.05) is 12.1 Å². The lowest BCUT2D eigenvalue weighted by Crippen LogP contribution is -2.01. The molecular formula is C17H24O. The number of rotatable bonds is 8. The van der Waals surface area contributed by atoms with Crippen LogP contribution in [0.5, 0.6) is 0 Å². The first-order valence-corrected chi connectivity index (χ1v) is 7.44. The van der Waals surface area contributed by atoms with Crippen molar-refractivity contribution in [2.45, 2.75) is 58.3 Å². The molecule has 98 valence electrons. The van der Waals surface area contributed by atoms with Crippen LogP contribution in [0, 0.1) is 5.92 Å². The number of hydrogen-bond donors (Lipinski definition) is 0. The van der Waals surface area contributed by atoms with Gasteiger partial charge in [-0.15, -0.1) is 0 Å². The summed E-state index contributed by atoms with van der Waals surface area (Å²) in [6.07, 6.45) is 9.96. The van der Waals surface area contributed by atoms with E-state index >= 15 is 0 Å². The fourth-order valence-corrected chi connectivity index (χ4v) is 2.35. The maximum atomic E-state index is 11.9. The number of unbranched alkanes of at least 4 members (excludes halogenated alkanes) is 4. The van der Waals surface area contributed by atoms with E-state index in [0.29, 0.717) is 11.7 Å². The van der Waals surface area contributed by atoms with E-state index in [2.05, 4.69) is 19.1 Å². The molecule has 2 rings (SSSR count). The van der Waals surface area contributed by atoms with E-state index < -0.39 is 0 Å². The molecule has 1 heteroatoms. The highest BCUT2D eigenvalue weighted by Crippen LogP contribution is 2.32. The van der Waals surface area contributed by atoms with Crippen molar-refractivity contribution in [2.24, 2.45) is 5.92 Å². The number of carbonyl (C=O) groups excluding carboxylic acids is 1. The van der Waals surface area contributed by atoms with Crippen molar-refractivity contribution in [1.82, 2.24) is 0 Å². The quantitative estimate of drug-likeness (QED) is 0.474. The summed E-state index contributed by atoms with van der Waals surface area (Å²) < 4.78 is 0. The Hall–Kier alpha value is -1.11. The second-order valence-corrected chi connectivity index (χ2v) is 5.50. The number of ketones is 1. The van der Waals surface area contributed by atoms with E-state index in [1.54, 1.807) is 0 Å². The smallest absolute Gasteiger partial charge is 0.165 e. The molecule has 0 spiro atoms. The van der Waals surface area contributed by atoms with Gasteiger partial charge in [0.2, 0.25) is 0 Å². The molecule has 0 bridgehead atoms. The Bertz CT molecular complexity index is 373. The summed E-state index contributed by atoms with van der Waals surface area (Å²) >= 11 is 0. The highest BCUT2D eigenvalue weighted by molar-refractivity contribution is 5.99. The highest BCUT2D eigenvalue weighted by Gasteiger charge is 2.30. The minimum Gasteiger partial charge on any atom is -0.294 e. The lowest BCUT2D eigenvalue weighted by Gasteiger charge is -2.03. The van der Waals surface area contributed by atoms with Crippen molar-refractivity contribution in [3.8, 4) is 0 Å². The molecule has 0 amide bonds. The van der Waals surface area contributed by atoms with Gasteiger partial charge in [-0.25, -0.2) is 0 Å². The average molecular weight is 244 g/mol. The fourth-order valence-electron chi connectivity index (χ4n) is 2.35. The van der Waals surface area contributed by atoms with Gasteiger partial charge in [0.1, 0.15) is 0 Å². The normalized spacial score (nSPS) is 14.7. The van der Waals surface area contributed by atoms with E-state index in [4.69, 9.17) is 0 Å². The van der Waals surface area contributed by atoms with Gasteiger partial charge in [-0.2, -0.15) is 0 Å². The van der Waals surface area contributed by atoms with Crippen molar-refractivity contribution in [2.75, 3.05) is 0 Å². The maximum Gasteiger partial charge on any atom is 0.165 e. The second-order valence-electron chi connectivity index (χ2n) is 5.50. The van der Waals surface area contributed by atoms with Crippen LogP contribution in [0.1, 0.15) is 67.8 Å². The standard InChI is InChI=1S/C17H24O/c1-2-3-4-5-6-7-14-8-10-15(11-9-14)17(18)16-12-13-16/h8-11,16H,2-7,12-13H2,1H3. The second kappa shape index (κ2) is 6.72. The third-order valence-electron chi connectivity index (χ3n) is 3.76. The Morgan fingerprint density at radius 3 is 2.33 bits per heavy atom. The van der Waals surface area contributed by atoms with E-state index in [-0.39, 0.29) is 0 Å². The fraction of sp³-hybridized carbons (Fsp3) is 0.588. The van der Waals surface area contributed by atoms with Crippen molar-refractivity contribution in [3.05, 3.63) is 35.4 Å². The van der Waals surface area contributed by atoms with Crippen molar-refractivity contribution in [1.29, 1.82) is 0 Å². The van der Waals surface area contributed by atoms with Crippen LogP contribution < -0.4 is 0 Å². The lowest BCUT2D eigenvalue weighted by molar-refractivity contribution is 0.0967. The Balaban J connectivity index is 1.75. The molecule has 0 aliphatic heterocycles. The zero-order valence-electron chi connectivity index (χ0n) is 11.5. The first kappa shape index (κ1) is 13.3. The molecule has 0 saturated heterocycles. The van der Waals surface area contributed by atoms with Crippen LogP contribution in [0.2, 0.25) is 0 Å². The van der Waals surface area contributed by atoms with Gasteiger partial charge in [-0.05, 0) is 31.2 Å². The zero-order valence-corrected chi connectivity index (χ0v) is 11.5. The Morgan fingerprint density at radius 2 is 1.72 bits per heavy atom. The molecule has 18 heavy (non-hydrogen) atoms. The van der Waals surface area contributed by atoms with Crippen LogP contribution in [0.15, 0.2) is 24.3 Å². The van der Waals surface area contributed by atoms with Gasteiger partial charge < -0.3 is 0 Å². The molecule has 1 nitrogen and oxygen atoms in total. The van der Waals surface area contributed by atoms with Gasteiger partial charge in [0.25, 0.3) is 0 Å². The highest BCUT2D eigenvalue weighted by atomic mass is 16.1. The van der Waals surface area contributed by atoms with Gasteiger partial charge in [0, 0.05) is 11.5 Å². The molecule has 0 atom stereocenters. The van der Waals surface area contributed by atoms with Crippen molar-refractivity contribution >= 4 is 5.78 Å². The maximum absolute atomic E-state index is 11.9. The molecule has 1 fully saturated rings. The number of hydrogen-bond acceptors (Lipinski definition) is 1. The Morgan fingerprint density at radius 1 is 1.06 bits per heavy atom. The number of aryl methyl sites for hydroxylation is 1. The van der Waals surface area contributed by atoms with Crippen molar-refractivity contribution < 1.29 is 4.79 Å². The largest absolute Gasteiger partial charge is 0.294 e. The monoisotopic (exact) mass is 244 g/mol. The SMILES string of the molecule is CCCCCCCc1ccc(C(=O)C2CC2)cc1. The summed E-state index contributed by atoms with van der Waals surface area (Å²) in [5, 5.41) is 0. The summed E-state index contributed by atoms with van der Waals surface area (Å²) in [7, 11) is 0. The minimum atomic E-state index is 0.338. The summed E-state index contributed by atoms with van der Waals surface area (Å²) in [5.41, 5.74) is 2.28. The van der Waals surface area contributed by atoms with Gasteiger partial charge in [0.05, 0.1) is 0 Å². The zero-order chi connectivity index (χ0) is 12.8. The third-order valence-corrected chi connectivity index (χ3v) is 3.76. The minimum absolute atomic E-state index is 0.338. The van der Waals surface area contributed by atoms with Crippen LogP contribution >= 0.6 is 0 Å². The topological polar surface area (TPSA) is 17.1 Å².